The summed E-state index contributed by atoms with van der Waals surface area (Å²) in [5, 5.41) is 13.3. The minimum atomic E-state index is 0.196. The molecule has 19 heavy (non-hydrogen) atoms. The van der Waals surface area contributed by atoms with Gasteiger partial charge < -0.3 is 14.4 Å². The van der Waals surface area contributed by atoms with Crippen molar-refractivity contribution in [3.8, 4) is 16.6 Å². The van der Waals surface area contributed by atoms with Crippen molar-refractivity contribution in [2.24, 2.45) is 0 Å². The predicted molar refractivity (Wildman–Crippen MR) is 69.6 cm³/mol. The average molecular weight is 274 g/mol. The second-order valence-corrected chi connectivity index (χ2v) is 4.72. The lowest BCUT2D eigenvalue weighted by Gasteiger charge is -2.03. The summed E-state index contributed by atoms with van der Waals surface area (Å²) < 4.78 is 11.4. The second-order valence-electron chi connectivity index (χ2n) is 3.77. The topological polar surface area (TPSA) is 62.2 Å². The third-order valence-corrected chi connectivity index (χ3v) is 3.30. The lowest BCUT2D eigenvalue weighted by molar-refractivity contribution is -0.613. The van der Waals surface area contributed by atoms with Crippen molar-refractivity contribution < 1.29 is 13.9 Å². The van der Waals surface area contributed by atoms with E-state index in [2.05, 4.69) is 4.98 Å². The molecule has 0 saturated carbocycles. The molecule has 0 saturated heterocycles. The monoisotopic (exact) mass is 274 g/mol. The number of aromatic nitrogens is 2. The van der Waals surface area contributed by atoms with E-state index in [0.29, 0.717) is 16.3 Å². The maximum Gasteiger partial charge on any atom is 0.379 e. The Kier molecular flexibility index (Phi) is 3.16. The summed E-state index contributed by atoms with van der Waals surface area (Å²) in [6.45, 7) is 0.196. The van der Waals surface area contributed by atoms with Crippen LogP contribution in [0.4, 0.5) is 0 Å². The summed E-state index contributed by atoms with van der Waals surface area (Å²) in [4.78, 5) is 5.27. The Morgan fingerprint density at radius 2 is 2.26 bits per heavy atom. The summed E-state index contributed by atoms with van der Waals surface area (Å²) in [6.07, 6.45) is 2.92. The molecule has 0 spiro atoms. The van der Waals surface area contributed by atoms with Gasteiger partial charge in [0.05, 0.1) is 10.9 Å². The summed E-state index contributed by atoms with van der Waals surface area (Å²) in [5.74, 6) is 0.805. The van der Waals surface area contributed by atoms with E-state index in [1.807, 2.05) is 17.5 Å². The Labute approximate surface area is 113 Å². The highest BCUT2D eigenvalue weighted by Crippen LogP contribution is 2.23. The van der Waals surface area contributed by atoms with Crippen molar-refractivity contribution in [1.29, 1.82) is 0 Å². The zero-order valence-corrected chi connectivity index (χ0v) is 10.7. The van der Waals surface area contributed by atoms with Gasteiger partial charge in [0, 0.05) is 6.07 Å². The molecule has 3 aromatic heterocycles. The zero-order valence-electron chi connectivity index (χ0n) is 9.85. The van der Waals surface area contributed by atoms with E-state index >= 15 is 0 Å². The van der Waals surface area contributed by atoms with Crippen molar-refractivity contribution >= 4 is 11.3 Å². The highest BCUT2D eigenvalue weighted by Gasteiger charge is 2.10. The number of oxazole rings is 1. The maximum absolute atomic E-state index is 11.4. The van der Waals surface area contributed by atoms with Gasteiger partial charge in [0.2, 0.25) is 5.89 Å². The first-order valence-electron chi connectivity index (χ1n) is 5.62. The van der Waals surface area contributed by atoms with Gasteiger partial charge >= 0.3 is 5.88 Å². The van der Waals surface area contributed by atoms with E-state index in [4.69, 9.17) is 9.15 Å². The molecule has 0 bridgehead atoms. The lowest BCUT2D eigenvalue weighted by atomic mass is 10.4. The minimum Gasteiger partial charge on any atom is -0.616 e. The number of ether oxygens (including phenoxy) is 1. The molecule has 3 rings (SSSR count). The van der Waals surface area contributed by atoms with Crippen LogP contribution in [0.25, 0.3) is 10.8 Å². The van der Waals surface area contributed by atoms with E-state index in [0.717, 1.165) is 4.88 Å². The van der Waals surface area contributed by atoms with Crippen molar-refractivity contribution in [3.63, 3.8) is 0 Å². The van der Waals surface area contributed by atoms with E-state index in [1.165, 1.54) is 12.5 Å². The van der Waals surface area contributed by atoms with Gasteiger partial charge in [-0.25, -0.2) is 4.98 Å². The molecule has 0 unspecified atom stereocenters. The van der Waals surface area contributed by atoms with Gasteiger partial charge in [-0.15, -0.1) is 16.1 Å². The van der Waals surface area contributed by atoms with Crippen molar-refractivity contribution in [1.82, 2.24) is 4.98 Å². The standard InChI is InChI=1S/C13H10N2O3S/c16-15-6-2-1-5-12(15)17-8-10-9-18-13(14-10)11-4-3-7-19-11/h1-7,9H,8H2. The average Bonchev–Trinajstić information content (AvgIpc) is 3.09. The van der Waals surface area contributed by atoms with E-state index < -0.39 is 0 Å². The lowest BCUT2D eigenvalue weighted by Crippen LogP contribution is -2.27. The third-order valence-electron chi connectivity index (χ3n) is 2.44. The Morgan fingerprint density at radius 1 is 1.32 bits per heavy atom. The van der Waals surface area contributed by atoms with Crippen molar-refractivity contribution in [3.05, 3.63) is 59.1 Å². The Hall–Kier alpha value is -2.34. The Bertz CT molecular complexity index is 664. The molecule has 0 radical (unpaired) electrons. The summed E-state index contributed by atoms with van der Waals surface area (Å²) in [5.41, 5.74) is 0.646. The fourth-order valence-corrected chi connectivity index (χ4v) is 2.21. The van der Waals surface area contributed by atoms with Crippen LogP contribution in [-0.4, -0.2) is 4.98 Å². The number of thiophene rings is 1. The maximum atomic E-state index is 11.4. The highest BCUT2D eigenvalue weighted by atomic mass is 32.1. The van der Waals surface area contributed by atoms with Crippen LogP contribution < -0.4 is 9.47 Å². The van der Waals surface area contributed by atoms with Crippen LogP contribution in [0.1, 0.15) is 5.69 Å². The van der Waals surface area contributed by atoms with Gasteiger partial charge in [-0.2, -0.15) is 0 Å². The largest absolute Gasteiger partial charge is 0.616 e. The Balaban J connectivity index is 1.70. The van der Waals surface area contributed by atoms with Crippen molar-refractivity contribution in [2.45, 2.75) is 6.61 Å². The third kappa shape index (κ3) is 2.58. The molecule has 0 amide bonds. The quantitative estimate of drug-likeness (QED) is 0.542. The molecule has 0 aliphatic heterocycles. The SMILES string of the molecule is [O-][n+]1ccccc1OCc1coc(-c2cccs2)n1. The first-order chi connectivity index (χ1) is 9.33. The van der Waals surface area contributed by atoms with Crippen LogP contribution in [0.15, 0.2) is 52.6 Å². The number of nitrogens with zero attached hydrogens (tertiary/aromatic N) is 2. The van der Waals surface area contributed by atoms with Crippen LogP contribution >= 0.6 is 11.3 Å². The fraction of sp³-hybridized carbons (Fsp3) is 0.0769. The molecular weight excluding hydrogens is 264 g/mol. The Morgan fingerprint density at radius 3 is 3.05 bits per heavy atom. The van der Waals surface area contributed by atoms with Crippen molar-refractivity contribution in [2.75, 3.05) is 0 Å². The zero-order chi connectivity index (χ0) is 13.1. The molecule has 0 fully saturated rings. The summed E-state index contributed by atoms with van der Waals surface area (Å²) >= 11 is 1.56. The first kappa shape index (κ1) is 11.7. The fourth-order valence-electron chi connectivity index (χ4n) is 1.56. The van der Waals surface area contributed by atoms with E-state index in [1.54, 1.807) is 29.5 Å². The number of pyridine rings is 1. The van der Waals surface area contributed by atoms with Gasteiger partial charge in [-0.05, 0) is 17.5 Å². The number of hydrogen-bond donors (Lipinski definition) is 0. The second kappa shape index (κ2) is 5.11. The molecule has 0 atom stereocenters. The summed E-state index contributed by atoms with van der Waals surface area (Å²) in [6, 6.07) is 8.86. The normalized spacial score (nSPS) is 10.5. The number of hydrogen-bond acceptors (Lipinski definition) is 5. The van der Waals surface area contributed by atoms with Crippen LogP contribution in [0.5, 0.6) is 5.88 Å². The molecule has 3 heterocycles. The van der Waals surface area contributed by atoms with Crippen LogP contribution in [0.3, 0.4) is 0 Å². The molecule has 0 aliphatic rings. The van der Waals surface area contributed by atoms with Crippen LogP contribution in [-0.2, 0) is 6.61 Å². The van der Waals surface area contributed by atoms with Gasteiger partial charge in [0.1, 0.15) is 18.6 Å². The molecule has 6 heteroatoms. The van der Waals surface area contributed by atoms with Crippen LogP contribution in [0.2, 0.25) is 0 Å². The smallest absolute Gasteiger partial charge is 0.379 e. The molecule has 0 aliphatic carbocycles. The summed E-state index contributed by atoms with van der Waals surface area (Å²) in [7, 11) is 0. The van der Waals surface area contributed by atoms with Gasteiger partial charge in [0.25, 0.3) is 0 Å². The van der Waals surface area contributed by atoms with E-state index in [9.17, 15) is 5.21 Å². The molecule has 96 valence electrons. The molecule has 5 nitrogen and oxygen atoms in total. The molecular formula is C13H10N2O3S. The minimum absolute atomic E-state index is 0.196. The van der Waals surface area contributed by atoms with Gasteiger partial charge in [-0.1, -0.05) is 6.07 Å². The van der Waals surface area contributed by atoms with Gasteiger partial charge in [0.15, 0.2) is 6.20 Å². The van der Waals surface area contributed by atoms with Gasteiger partial charge in [-0.3, -0.25) is 0 Å². The van der Waals surface area contributed by atoms with E-state index in [-0.39, 0.29) is 12.5 Å². The van der Waals surface area contributed by atoms with Crippen LogP contribution in [0, 0.1) is 5.21 Å². The molecule has 0 aromatic carbocycles. The molecule has 0 N–H and O–H groups in total. The predicted octanol–water partition coefficient (Wildman–Crippen LogP) is 2.62. The first-order valence-corrected chi connectivity index (χ1v) is 6.50. The molecule has 3 aromatic rings. The highest BCUT2D eigenvalue weighted by molar-refractivity contribution is 7.13. The number of rotatable bonds is 4.